The van der Waals surface area contributed by atoms with Gasteiger partial charge in [0.15, 0.2) is 0 Å². The largest absolute Gasteiger partial charge is 0.302 e. The molecule has 0 aliphatic rings. The van der Waals surface area contributed by atoms with Crippen molar-refractivity contribution in [2.45, 2.75) is 47.6 Å². The van der Waals surface area contributed by atoms with E-state index in [2.05, 4.69) is 52.6 Å². The van der Waals surface area contributed by atoms with E-state index in [0.717, 1.165) is 6.54 Å². The summed E-state index contributed by atoms with van der Waals surface area (Å²) in [6.45, 7) is 13.4. The Labute approximate surface area is 100 Å². The van der Waals surface area contributed by atoms with Crippen LogP contribution in [0.25, 0.3) is 0 Å². The van der Waals surface area contributed by atoms with Gasteiger partial charge in [0.2, 0.25) is 0 Å². The van der Waals surface area contributed by atoms with Crippen molar-refractivity contribution in [3.8, 4) is 0 Å². The minimum Gasteiger partial charge on any atom is -0.302 e. The Hall–Kier alpha value is -0.820. The second-order valence-corrected chi connectivity index (χ2v) is 4.98. The van der Waals surface area contributed by atoms with Crippen LogP contribution in [0.5, 0.6) is 0 Å². The molecule has 0 radical (unpaired) electrons. The molecule has 0 spiro atoms. The predicted octanol–water partition coefficient (Wildman–Crippen LogP) is 3.76. The molecular weight excluding hydrogens is 194 g/mol. The maximum absolute atomic E-state index is 2.41. The van der Waals surface area contributed by atoms with Gasteiger partial charge in [-0.3, -0.25) is 0 Å². The molecule has 0 bridgehead atoms. The lowest BCUT2D eigenvalue weighted by atomic mass is 9.94. The van der Waals surface area contributed by atoms with E-state index in [1.54, 1.807) is 0 Å². The van der Waals surface area contributed by atoms with Crippen LogP contribution in [0, 0.1) is 27.7 Å². The van der Waals surface area contributed by atoms with E-state index in [9.17, 15) is 0 Å². The highest BCUT2D eigenvalue weighted by atomic mass is 15.1. The second kappa shape index (κ2) is 5.49. The highest BCUT2D eigenvalue weighted by Gasteiger charge is 2.09. The van der Waals surface area contributed by atoms with Crippen LogP contribution in [-0.4, -0.2) is 18.5 Å². The molecule has 0 amide bonds. The molecule has 0 saturated carbocycles. The molecule has 1 aromatic carbocycles. The zero-order valence-corrected chi connectivity index (χ0v) is 11.6. The summed E-state index contributed by atoms with van der Waals surface area (Å²) >= 11 is 0. The van der Waals surface area contributed by atoms with Crippen molar-refractivity contribution >= 4 is 0 Å². The third-order valence-corrected chi connectivity index (χ3v) is 3.55. The lowest BCUT2D eigenvalue weighted by Gasteiger charge is -2.21. The summed E-state index contributed by atoms with van der Waals surface area (Å²) in [5.74, 6) is 0. The third kappa shape index (κ3) is 2.85. The Morgan fingerprint density at radius 3 is 2.19 bits per heavy atom. The van der Waals surface area contributed by atoms with Crippen LogP contribution in [0.15, 0.2) is 6.07 Å². The minimum atomic E-state index is 1.08. The molecule has 1 rings (SSSR count). The Morgan fingerprint density at radius 2 is 1.62 bits per heavy atom. The van der Waals surface area contributed by atoms with Gasteiger partial charge in [-0.2, -0.15) is 0 Å². The zero-order valence-electron chi connectivity index (χ0n) is 11.6. The van der Waals surface area contributed by atoms with E-state index in [4.69, 9.17) is 0 Å². The van der Waals surface area contributed by atoms with Crippen LogP contribution < -0.4 is 0 Å². The summed E-state index contributed by atoms with van der Waals surface area (Å²) in [6.07, 6.45) is 1.22. The van der Waals surface area contributed by atoms with Gasteiger partial charge in [0, 0.05) is 6.54 Å². The summed E-state index contributed by atoms with van der Waals surface area (Å²) in [6, 6.07) is 2.32. The topological polar surface area (TPSA) is 3.24 Å². The van der Waals surface area contributed by atoms with Crippen molar-refractivity contribution in [3.05, 3.63) is 33.9 Å². The van der Waals surface area contributed by atoms with E-state index in [1.807, 2.05) is 0 Å². The van der Waals surface area contributed by atoms with Crippen molar-refractivity contribution in [1.29, 1.82) is 0 Å². The zero-order chi connectivity index (χ0) is 12.3. The monoisotopic (exact) mass is 219 g/mol. The minimum absolute atomic E-state index is 1.08. The molecule has 0 heterocycles. The molecule has 90 valence electrons. The van der Waals surface area contributed by atoms with Gasteiger partial charge in [-0.25, -0.2) is 0 Å². The second-order valence-electron chi connectivity index (χ2n) is 4.98. The Morgan fingerprint density at radius 1 is 1.00 bits per heavy atom. The molecule has 0 N–H and O–H groups in total. The SMILES string of the molecule is CCCN(C)Cc1c(C)cc(C)c(C)c1C. The summed E-state index contributed by atoms with van der Waals surface area (Å²) in [5.41, 5.74) is 7.28. The van der Waals surface area contributed by atoms with Crippen molar-refractivity contribution in [1.82, 2.24) is 4.90 Å². The Kier molecular flexibility index (Phi) is 4.55. The third-order valence-electron chi connectivity index (χ3n) is 3.55. The van der Waals surface area contributed by atoms with E-state index in [0.29, 0.717) is 0 Å². The fraction of sp³-hybridized carbons (Fsp3) is 0.600. The van der Waals surface area contributed by atoms with E-state index in [-0.39, 0.29) is 0 Å². The highest BCUT2D eigenvalue weighted by molar-refractivity contribution is 5.43. The molecule has 0 saturated heterocycles. The first-order chi connectivity index (χ1) is 7.47. The average molecular weight is 219 g/mol. The Balaban J connectivity index is 3.00. The van der Waals surface area contributed by atoms with Gasteiger partial charge < -0.3 is 4.90 Å². The molecule has 0 unspecified atom stereocenters. The fourth-order valence-electron chi connectivity index (χ4n) is 2.31. The lowest BCUT2D eigenvalue weighted by Crippen LogP contribution is -2.20. The quantitative estimate of drug-likeness (QED) is 0.745. The molecule has 0 aromatic heterocycles. The number of benzene rings is 1. The number of hydrogen-bond donors (Lipinski definition) is 0. The molecule has 1 nitrogen and oxygen atoms in total. The molecule has 0 aliphatic carbocycles. The summed E-state index contributed by atoms with van der Waals surface area (Å²) in [4.78, 5) is 2.41. The molecule has 0 aliphatic heterocycles. The van der Waals surface area contributed by atoms with E-state index >= 15 is 0 Å². The maximum Gasteiger partial charge on any atom is 0.0236 e. The van der Waals surface area contributed by atoms with Gasteiger partial charge in [-0.15, -0.1) is 0 Å². The molecule has 16 heavy (non-hydrogen) atoms. The number of rotatable bonds is 4. The standard InChI is InChI=1S/C15H25N/c1-7-8-16(6)10-15-12(3)9-11(2)13(4)14(15)5/h9H,7-8,10H2,1-6H3. The van der Waals surface area contributed by atoms with Crippen molar-refractivity contribution in [2.24, 2.45) is 0 Å². The van der Waals surface area contributed by atoms with Gasteiger partial charge in [-0.1, -0.05) is 13.0 Å². The van der Waals surface area contributed by atoms with Crippen molar-refractivity contribution in [2.75, 3.05) is 13.6 Å². The molecular formula is C15H25N. The van der Waals surface area contributed by atoms with Gasteiger partial charge >= 0.3 is 0 Å². The van der Waals surface area contributed by atoms with Crippen molar-refractivity contribution in [3.63, 3.8) is 0 Å². The van der Waals surface area contributed by atoms with Crippen LogP contribution >= 0.6 is 0 Å². The molecule has 0 fully saturated rings. The number of hydrogen-bond acceptors (Lipinski definition) is 1. The van der Waals surface area contributed by atoms with Crippen molar-refractivity contribution < 1.29 is 0 Å². The Bertz CT molecular complexity index is 366. The summed E-state index contributed by atoms with van der Waals surface area (Å²) < 4.78 is 0. The fourth-order valence-corrected chi connectivity index (χ4v) is 2.31. The number of aryl methyl sites for hydroxylation is 2. The molecule has 0 atom stereocenters. The highest BCUT2D eigenvalue weighted by Crippen LogP contribution is 2.22. The molecule has 1 heteroatoms. The first kappa shape index (κ1) is 13.2. The van der Waals surface area contributed by atoms with Crippen LogP contribution in [-0.2, 0) is 6.54 Å². The average Bonchev–Trinajstić information content (AvgIpc) is 2.22. The van der Waals surface area contributed by atoms with Gasteiger partial charge in [0.05, 0.1) is 0 Å². The summed E-state index contributed by atoms with van der Waals surface area (Å²) in [5, 5.41) is 0. The van der Waals surface area contributed by atoms with Gasteiger partial charge in [0.25, 0.3) is 0 Å². The normalized spacial score (nSPS) is 11.2. The first-order valence-corrected chi connectivity index (χ1v) is 6.22. The predicted molar refractivity (Wildman–Crippen MR) is 72.0 cm³/mol. The van der Waals surface area contributed by atoms with Crippen LogP contribution in [0.2, 0.25) is 0 Å². The summed E-state index contributed by atoms with van der Waals surface area (Å²) in [7, 11) is 2.21. The molecule has 1 aromatic rings. The smallest absolute Gasteiger partial charge is 0.0236 e. The van der Waals surface area contributed by atoms with E-state index < -0.39 is 0 Å². The van der Waals surface area contributed by atoms with Gasteiger partial charge in [0.1, 0.15) is 0 Å². The van der Waals surface area contributed by atoms with Gasteiger partial charge in [-0.05, 0) is 75.5 Å². The van der Waals surface area contributed by atoms with Crippen LogP contribution in [0.3, 0.4) is 0 Å². The van der Waals surface area contributed by atoms with E-state index in [1.165, 1.54) is 40.8 Å². The van der Waals surface area contributed by atoms with Crippen LogP contribution in [0.1, 0.15) is 41.2 Å². The maximum atomic E-state index is 2.41. The van der Waals surface area contributed by atoms with Crippen LogP contribution in [0.4, 0.5) is 0 Å². The number of nitrogens with zero attached hydrogens (tertiary/aromatic N) is 1. The lowest BCUT2D eigenvalue weighted by molar-refractivity contribution is 0.326. The first-order valence-electron chi connectivity index (χ1n) is 6.22.